The van der Waals surface area contributed by atoms with E-state index in [0.717, 1.165) is 18.4 Å². The molecule has 0 aliphatic heterocycles. The van der Waals surface area contributed by atoms with Gasteiger partial charge in [0.05, 0.1) is 0 Å². The highest BCUT2D eigenvalue weighted by Gasteiger charge is 2.14. The van der Waals surface area contributed by atoms with Crippen molar-refractivity contribution in [2.75, 3.05) is 0 Å². The van der Waals surface area contributed by atoms with Crippen LogP contribution < -0.4 is 0 Å². The van der Waals surface area contributed by atoms with Crippen LogP contribution >= 0.6 is 0 Å². The molecule has 1 atom stereocenters. The Bertz CT molecular complexity index is 369. The Kier molecular flexibility index (Phi) is 4.53. The molecule has 2 nitrogen and oxygen atoms in total. The normalized spacial score (nSPS) is 12.2. The van der Waals surface area contributed by atoms with Gasteiger partial charge in [-0.25, -0.2) is 0 Å². The van der Waals surface area contributed by atoms with Gasteiger partial charge in [-0.1, -0.05) is 31.5 Å². The Hall–Kier alpha value is -1.31. The minimum Gasteiger partial charge on any atom is -0.458 e. The van der Waals surface area contributed by atoms with E-state index in [4.69, 9.17) is 4.74 Å². The predicted octanol–water partition coefficient (Wildman–Crippen LogP) is 3.71. The third kappa shape index (κ3) is 3.37. The van der Waals surface area contributed by atoms with E-state index in [1.165, 1.54) is 18.1 Å². The number of ether oxygens (including phenoxy) is 1. The van der Waals surface area contributed by atoms with Gasteiger partial charge in [0.15, 0.2) is 0 Å². The van der Waals surface area contributed by atoms with Gasteiger partial charge in [-0.2, -0.15) is 0 Å². The molecule has 0 spiro atoms. The molecule has 0 radical (unpaired) electrons. The predicted molar refractivity (Wildman–Crippen MR) is 65.3 cm³/mol. The molecule has 0 aliphatic rings. The van der Waals surface area contributed by atoms with Gasteiger partial charge in [-0.05, 0) is 37.0 Å². The van der Waals surface area contributed by atoms with Crippen molar-refractivity contribution >= 4 is 5.97 Å². The van der Waals surface area contributed by atoms with Crippen LogP contribution in [0.1, 0.15) is 49.5 Å². The molecular weight excluding hydrogens is 200 g/mol. The summed E-state index contributed by atoms with van der Waals surface area (Å²) in [7, 11) is 0. The van der Waals surface area contributed by atoms with Crippen molar-refractivity contribution in [2.24, 2.45) is 0 Å². The molecule has 88 valence electrons. The summed E-state index contributed by atoms with van der Waals surface area (Å²) >= 11 is 0. The lowest BCUT2D eigenvalue weighted by Crippen LogP contribution is -2.08. The van der Waals surface area contributed by atoms with E-state index >= 15 is 0 Å². The molecule has 0 saturated carbocycles. The number of benzene rings is 1. The number of esters is 1. The van der Waals surface area contributed by atoms with E-state index in [0.29, 0.717) is 0 Å². The molecule has 0 aromatic heterocycles. The number of carbonyl (C=O) groups excluding carboxylic acids is 1. The van der Waals surface area contributed by atoms with Crippen molar-refractivity contribution in [1.82, 2.24) is 0 Å². The lowest BCUT2D eigenvalue weighted by Gasteiger charge is -2.17. The molecule has 0 saturated heterocycles. The van der Waals surface area contributed by atoms with Crippen molar-refractivity contribution in [3.8, 4) is 0 Å². The second kappa shape index (κ2) is 5.69. The maximum Gasteiger partial charge on any atom is 0.303 e. The largest absolute Gasteiger partial charge is 0.458 e. The standard InChI is InChI=1S/C14H20O2/c1-5-6-14(16-12(4)15)13-8-7-10(2)11(3)9-13/h7-9,14H,5-6H2,1-4H3/t14-/m0/s1. The van der Waals surface area contributed by atoms with Crippen LogP contribution in [-0.4, -0.2) is 5.97 Å². The first kappa shape index (κ1) is 12.8. The zero-order valence-corrected chi connectivity index (χ0v) is 10.5. The summed E-state index contributed by atoms with van der Waals surface area (Å²) in [6.45, 7) is 7.72. The maximum absolute atomic E-state index is 11.0. The number of aryl methyl sites for hydroxylation is 2. The van der Waals surface area contributed by atoms with Gasteiger partial charge in [0, 0.05) is 6.92 Å². The second-order valence-corrected chi connectivity index (χ2v) is 4.23. The lowest BCUT2D eigenvalue weighted by molar-refractivity contribution is -0.147. The Balaban J connectivity index is 2.91. The molecule has 1 aromatic carbocycles. The van der Waals surface area contributed by atoms with Crippen molar-refractivity contribution in [3.05, 3.63) is 34.9 Å². The van der Waals surface area contributed by atoms with Gasteiger partial charge >= 0.3 is 5.97 Å². The Morgan fingerprint density at radius 2 is 2.00 bits per heavy atom. The third-order valence-electron chi connectivity index (χ3n) is 2.76. The first-order valence-corrected chi connectivity index (χ1v) is 5.79. The van der Waals surface area contributed by atoms with Crippen molar-refractivity contribution < 1.29 is 9.53 Å². The zero-order valence-electron chi connectivity index (χ0n) is 10.5. The SMILES string of the molecule is CCC[C@H](OC(C)=O)c1ccc(C)c(C)c1. The highest BCUT2D eigenvalue weighted by molar-refractivity contribution is 5.66. The lowest BCUT2D eigenvalue weighted by atomic mass is 10.00. The van der Waals surface area contributed by atoms with E-state index in [-0.39, 0.29) is 12.1 Å². The number of hydrogen-bond donors (Lipinski definition) is 0. The van der Waals surface area contributed by atoms with Crippen LogP contribution in [0.3, 0.4) is 0 Å². The van der Waals surface area contributed by atoms with Crippen LogP contribution in [0.15, 0.2) is 18.2 Å². The van der Waals surface area contributed by atoms with Gasteiger partial charge in [-0.15, -0.1) is 0 Å². The summed E-state index contributed by atoms with van der Waals surface area (Å²) in [5.41, 5.74) is 3.60. The summed E-state index contributed by atoms with van der Waals surface area (Å²) in [6.07, 6.45) is 1.79. The van der Waals surface area contributed by atoms with Gasteiger partial charge in [0.2, 0.25) is 0 Å². The molecule has 0 fully saturated rings. The monoisotopic (exact) mass is 220 g/mol. The molecular formula is C14H20O2. The molecule has 0 N–H and O–H groups in total. The fourth-order valence-corrected chi connectivity index (χ4v) is 1.72. The van der Waals surface area contributed by atoms with E-state index < -0.39 is 0 Å². The maximum atomic E-state index is 11.0. The van der Waals surface area contributed by atoms with Crippen LogP contribution in [0.25, 0.3) is 0 Å². The minimum atomic E-state index is -0.211. The molecule has 0 unspecified atom stereocenters. The van der Waals surface area contributed by atoms with Crippen molar-refractivity contribution in [2.45, 2.75) is 46.6 Å². The number of rotatable bonds is 4. The number of hydrogen-bond acceptors (Lipinski definition) is 2. The summed E-state index contributed by atoms with van der Waals surface area (Å²) < 4.78 is 5.33. The smallest absolute Gasteiger partial charge is 0.303 e. The van der Waals surface area contributed by atoms with Crippen LogP contribution in [0.5, 0.6) is 0 Å². The van der Waals surface area contributed by atoms with Crippen LogP contribution in [0, 0.1) is 13.8 Å². The average Bonchev–Trinajstić information content (AvgIpc) is 2.21. The van der Waals surface area contributed by atoms with Gasteiger partial charge in [0.25, 0.3) is 0 Å². The van der Waals surface area contributed by atoms with E-state index in [2.05, 4.69) is 32.9 Å². The minimum absolute atomic E-state index is 0.0956. The molecule has 1 aromatic rings. The van der Waals surface area contributed by atoms with Gasteiger partial charge in [0.1, 0.15) is 6.10 Å². The molecule has 0 heterocycles. The first-order valence-electron chi connectivity index (χ1n) is 5.79. The third-order valence-corrected chi connectivity index (χ3v) is 2.76. The summed E-state index contributed by atoms with van der Waals surface area (Å²) in [6, 6.07) is 6.24. The van der Waals surface area contributed by atoms with Crippen molar-refractivity contribution in [1.29, 1.82) is 0 Å². The fraction of sp³-hybridized carbons (Fsp3) is 0.500. The van der Waals surface area contributed by atoms with Crippen LogP contribution in [0.2, 0.25) is 0 Å². The topological polar surface area (TPSA) is 26.3 Å². The molecule has 2 heteroatoms. The first-order chi connectivity index (χ1) is 7.54. The molecule has 0 aliphatic carbocycles. The molecule has 1 rings (SSSR count). The molecule has 0 bridgehead atoms. The fourth-order valence-electron chi connectivity index (χ4n) is 1.72. The Morgan fingerprint density at radius 3 is 2.50 bits per heavy atom. The van der Waals surface area contributed by atoms with Gasteiger partial charge in [-0.3, -0.25) is 4.79 Å². The van der Waals surface area contributed by atoms with Crippen molar-refractivity contribution in [3.63, 3.8) is 0 Å². The highest BCUT2D eigenvalue weighted by Crippen LogP contribution is 2.24. The van der Waals surface area contributed by atoms with Crippen LogP contribution in [0.4, 0.5) is 0 Å². The Morgan fingerprint density at radius 1 is 1.31 bits per heavy atom. The average molecular weight is 220 g/mol. The second-order valence-electron chi connectivity index (χ2n) is 4.23. The molecule has 16 heavy (non-hydrogen) atoms. The molecule has 0 amide bonds. The van der Waals surface area contributed by atoms with Gasteiger partial charge < -0.3 is 4.74 Å². The van der Waals surface area contributed by atoms with E-state index in [1.54, 1.807) is 0 Å². The van der Waals surface area contributed by atoms with E-state index in [1.807, 2.05) is 6.07 Å². The highest BCUT2D eigenvalue weighted by atomic mass is 16.5. The summed E-state index contributed by atoms with van der Waals surface area (Å²) in [5, 5.41) is 0. The summed E-state index contributed by atoms with van der Waals surface area (Å²) in [4.78, 5) is 11.0. The Labute approximate surface area is 97.6 Å². The summed E-state index contributed by atoms with van der Waals surface area (Å²) in [5.74, 6) is -0.211. The number of carbonyl (C=O) groups is 1. The van der Waals surface area contributed by atoms with Crippen LogP contribution in [-0.2, 0) is 9.53 Å². The van der Waals surface area contributed by atoms with E-state index in [9.17, 15) is 4.79 Å². The zero-order chi connectivity index (χ0) is 12.1. The quantitative estimate of drug-likeness (QED) is 0.723.